The molecule has 4 heterocycles. The highest BCUT2D eigenvalue weighted by molar-refractivity contribution is 7.00. The topological polar surface area (TPSA) is 19.6 Å². The lowest BCUT2D eigenvalue weighted by Crippen LogP contribution is -2.61. The third-order valence-electron chi connectivity index (χ3n) is 19.8. The van der Waals surface area contributed by atoms with Gasteiger partial charge in [0.2, 0.25) is 0 Å². The number of benzene rings is 15. The van der Waals surface area contributed by atoms with Crippen LogP contribution in [0.5, 0.6) is 0 Å². The largest absolute Gasteiger partial charge is 0.310 e. The van der Waals surface area contributed by atoms with E-state index in [1.165, 1.54) is 60.2 Å². The van der Waals surface area contributed by atoms with Crippen LogP contribution in [0.15, 0.2) is 364 Å². The van der Waals surface area contributed by atoms with Crippen LogP contribution in [0.25, 0.3) is 99.5 Å². The predicted octanol–water partition coefficient (Wildman–Crippen LogP) is 22.1. The Labute approximate surface area is 558 Å². The maximum absolute atomic E-state index is 2.60. The number of hydrogen-bond donors (Lipinski definition) is 0. The van der Waals surface area contributed by atoms with Crippen LogP contribution in [0.2, 0.25) is 0 Å². The molecule has 0 fully saturated rings. The Morgan fingerprint density at radius 1 is 0.198 bits per heavy atom. The first-order valence-corrected chi connectivity index (χ1v) is 33.1. The Hall–Kier alpha value is -12.6. The number of para-hydroxylation sites is 8. The molecule has 0 saturated carbocycles. The fourth-order valence-corrected chi connectivity index (χ4v) is 15.6. The van der Waals surface area contributed by atoms with Gasteiger partial charge in [-0.05, 0) is 158 Å². The van der Waals surface area contributed by atoms with E-state index in [2.05, 4.69) is 388 Å². The van der Waals surface area contributed by atoms with E-state index in [1.807, 2.05) is 0 Å². The zero-order chi connectivity index (χ0) is 63.2. The molecule has 0 unspecified atom stereocenters. The van der Waals surface area contributed by atoms with E-state index in [1.54, 1.807) is 0 Å². The SMILES string of the molecule is c1ccc(-c2ccc3c4ccc(-c5ccccc5)cc4n(-c4ccccc4N4c5ccccc5B5c6ccccc6N(c6ccccc6-n6c7cc(-c8ccccc8)ccc7c7ccc(-c8ccccc8)cc76)c6cc(N(c7ccccc7)c7ccccc7)cc4c65)c3c2)cc1. The molecule has 448 valence electrons. The number of fused-ring (bicyclic) bond motifs is 10. The van der Waals surface area contributed by atoms with E-state index in [0.717, 1.165) is 107 Å². The van der Waals surface area contributed by atoms with Gasteiger partial charge >= 0.3 is 0 Å². The van der Waals surface area contributed by atoms with Crippen LogP contribution in [0.1, 0.15) is 0 Å². The van der Waals surface area contributed by atoms with E-state index >= 15 is 0 Å². The minimum absolute atomic E-state index is 0.143. The first-order valence-electron chi connectivity index (χ1n) is 33.1. The lowest BCUT2D eigenvalue weighted by Gasteiger charge is -2.45. The van der Waals surface area contributed by atoms with E-state index in [9.17, 15) is 0 Å². The van der Waals surface area contributed by atoms with Gasteiger partial charge in [-0.3, -0.25) is 0 Å². The van der Waals surface area contributed by atoms with Crippen LogP contribution in [0, 0.1) is 0 Å². The molecular weight excluding hydrogens is 1160 g/mol. The molecule has 5 nitrogen and oxygen atoms in total. The summed E-state index contributed by atoms with van der Waals surface area (Å²) < 4.78 is 5.08. The maximum Gasteiger partial charge on any atom is 0.252 e. The van der Waals surface area contributed by atoms with E-state index in [4.69, 9.17) is 0 Å². The number of anilines is 9. The molecule has 0 N–H and O–H groups in total. The maximum atomic E-state index is 2.60. The van der Waals surface area contributed by atoms with Crippen molar-refractivity contribution in [2.24, 2.45) is 0 Å². The molecule has 96 heavy (non-hydrogen) atoms. The van der Waals surface area contributed by atoms with Crippen LogP contribution in [0.4, 0.5) is 51.2 Å². The van der Waals surface area contributed by atoms with Crippen molar-refractivity contribution in [2.45, 2.75) is 0 Å². The summed E-state index contributed by atoms with van der Waals surface area (Å²) in [6.45, 7) is -0.143. The summed E-state index contributed by atoms with van der Waals surface area (Å²) in [5, 5.41) is 4.78. The number of hydrogen-bond acceptors (Lipinski definition) is 3. The van der Waals surface area contributed by atoms with E-state index in [0.29, 0.717) is 0 Å². The number of rotatable bonds is 11. The zero-order valence-corrected chi connectivity index (χ0v) is 52.5. The molecule has 0 amide bonds. The smallest absolute Gasteiger partial charge is 0.252 e. The normalized spacial score (nSPS) is 12.3. The number of aromatic nitrogens is 2. The Bertz CT molecular complexity index is 5300. The molecule has 0 radical (unpaired) electrons. The van der Waals surface area contributed by atoms with Gasteiger partial charge in [-0.15, -0.1) is 0 Å². The third kappa shape index (κ3) is 8.87. The predicted molar refractivity (Wildman–Crippen MR) is 406 cm³/mol. The van der Waals surface area contributed by atoms with Gasteiger partial charge in [-0.1, -0.05) is 267 Å². The van der Waals surface area contributed by atoms with Crippen LogP contribution >= 0.6 is 0 Å². The van der Waals surface area contributed by atoms with Gasteiger partial charge in [-0.2, -0.15) is 0 Å². The lowest BCUT2D eigenvalue weighted by atomic mass is 9.33. The minimum Gasteiger partial charge on any atom is -0.310 e. The lowest BCUT2D eigenvalue weighted by molar-refractivity contribution is 1.14. The quantitative estimate of drug-likeness (QED) is 0.120. The Morgan fingerprint density at radius 2 is 0.469 bits per heavy atom. The minimum atomic E-state index is -0.143. The Kier molecular flexibility index (Phi) is 13.0. The summed E-state index contributed by atoms with van der Waals surface area (Å²) in [5.74, 6) is 0. The van der Waals surface area contributed by atoms with Crippen molar-refractivity contribution in [1.29, 1.82) is 0 Å². The van der Waals surface area contributed by atoms with E-state index in [-0.39, 0.29) is 6.71 Å². The highest BCUT2D eigenvalue weighted by Crippen LogP contribution is 2.52. The third-order valence-corrected chi connectivity index (χ3v) is 19.8. The van der Waals surface area contributed by atoms with Crippen LogP contribution in [0.3, 0.4) is 0 Å². The molecule has 2 aromatic heterocycles. The van der Waals surface area contributed by atoms with Gasteiger partial charge in [0.1, 0.15) is 0 Å². The van der Waals surface area contributed by atoms with E-state index < -0.39 is 0 Å². The van der Waals surface area contributed by atoms with Gasteiger partial charge in [0.05, 0.1) is 50.5 Å². The van der Waals surface area contributed by atoms with Crippen molar-refractivity contribution in [1.82, 2.24) is 9.13 Å². The standard InChI is InChI=1S/C90H60BN5/c1-7-27-61(28-8-1)65-47-51-72-73-52-48-66(62-29-9-2-10-30-62)56-85(73)95(84(72)55-65)82-45-25-23-43-80(82)93-78-41-21-19-39-76(78)91-77-40-20-22-42-79(77)94(89-60-71(59-88(93)90(89)91)92(69-35-15-5-16-36-69)70-37-17-6-18-38-70)81-44-24-26-46-83(81)96-86-57-67(63-31-11-3-12-32-63)49-53-74(86)75-54-50-68(58-87(75)96)64-33-13-4-14-34-64/h1-60H. The molecular formula is C90H60BN5. The molecule has 0 atom stereocenters. The van der Waals surface area contributed by atoms with Gasteiger partial charge in [-0.25, -0.2) is 0 Å². The second-order valence-electron chi connectivity index (χ2n) is 25.2. The van der Waals surface area contributed by atoms with Gasteiger partial charge in [0, 0.05) is 55.7 Å². The fourth-order valence-electron chi connectivity index (χ4n) is 15.6. The highest BCUT2D eigenvalue weighted by Gasteiger charge is 2.45. The molecule has 17 aromatic rings. The second kappa shape index (κ2) is 22.6. The van der Waals surface area contributed by atoms with Crippen LogP contribution in [-0.4, -0.2) is 15.8 Å². The van der Waals surface area contributed by atoms with Crippen molar-refractivity contribution < 1.29 is 0 Å². The van der Waals surface area contributed by atoms with Crippen molar-refractivity contribution in [3.63, 3.8) is 0 Å². The van der Waals surface area contributed by atoms with Crippen molar-refractivity contribution in [3.8, 4) is 55.9 Å². The van der Waals surface area contributed by atoms with Crippen molar-refractivity contribution >= 4 is 118 Å². The summed E-state index contributed by atoms with van der Waals surface area (Å²) >= 11 is 0. The molecule has 19 rings (SSSR count). The zero-order valence-electron chi connectivity index (χ0n) is 52.5. The number of nitrogens with zero attached hydrogens (tertiary/aromatic N) is 5. The van der Waals surface area contributed by atoms with Gasteiger partial charge in [0.15, 0.2) is 0 Å². The summed E-state index contributed by atoms with van der Waals surface area (Å²) in [4.78, 5) is 7.63. The Morgan fingerprint density at radius 3 is 0.792 bits per heavy atom. The van der Waals surface area contributed by atoms with Crippen molar-refractivity contribution in [3.05, 3.63) is 364 Å². The highest BCUT2D eigenvalue weighted by atomic mass is 15.2. The Balaban J connectivity index is 0.913. The molecule has 0 saturated heterocycles. The molecule has 0 aliphatic carbocycles. The van der Waals surface area contributed by atoms with Crippen LogP contribution < -0.4 is 31.1 Å². The summed E-state index contributed by atoms with van der Waals surface area (Å²) in [6.07, 6.45) is 0. The van der Waals surface area contributed by atoms with Crippen LogP contribution in [-0.2, 0) is 0 Å². The van der Waals surface area contributed by atoms with Gasteiger partial charge < -0.3 is 23.8 Å². The average Bonchev–Trinajstić information content (AvgIpc) is 1.02. The first-order chi connectivity index (χ1) is 47.7. The fraction of sp³-hybridized carbons (Fsp3) is 0. The average molecular weight is 1220 g/mol. The molecule has 2 aliphatic rings. The summed E-state index contributed by atoms with van der Waals surface area (Å²) in [6, 6.07) is 135. The molecule has 2 aliphatic heterocycles. The first kappa shape index (κ1) is 55.0. The molecule has 0 bridgehead atoms. The molecule has 6 heteroatoms. The molecule has 0 spiro atoms. The molecule has 15 aromatic carbocycles. The van der Waals surface area contributed by atoms with Crippen molar-refractivity contribution in [2.75, 3.05) is 14.7 Å². The van der Waals surface area contributed by atoms with Gasteiger partial charge in [0.25, 0.3) is 6.71 Å². The monoisotopic (exact) mass is 1220 g/mol. The summed E-state index contributed by atoms with van der Waals surface area (Å²) in [7, 11) is 0. The summed E-state index contributed by atoms with van der Waals surface area (Å²) in [5.41, 5.74) is 29.4. The second-order valence-corrected chi connectivity index (χ2v) is 25.2.